The van der Waals surface area contributed by atoms with E-state index in [1.54, 1.807) is 19.2 Å². The molecule has 0 saturated carbocycles. The van der Waals surface area contributed by atoms with Crippen molar-refractivity contribution >= 4 is 12.2 Å². The van der Waals surface area contributed by atoms with Gasteiger partial charge in [-0.1, -0.05) is 5.16 Å². The van der Waals surface area contributed by atoms with Crippen molar-refractivity contribution in [3.8, 4) is 0 Å². The van der Waals surface area contributed by atoms with Crippen LogP contribution in [0, 0.1) is 6.92 Å². The number of carbonyl (C=O) groups is 1. The summed E-state index contributed by atoms with van der Waals surface area (Å²) >= 11 is 0. The molecule has 0 radical (unpaired) electrons. The molecule has 1 aromatic rings. The van der Waals surface area contributed by atoms with Crippen LogP contribution in [0.3, 0.4) is 0 Å². The van der Waals surface area contributed by atoms with E-state index in [0.29, 0.717) is 11.5 Å². The monoisotopic (exact) mass is 195 g/mol. The molecule has 0 fully saturated rings. The average Bonchev–Trinajstić information content (AvgIpc) is 2.12. The first-order valence-corrected chi connectivity index (χ1v) is 3.85. The Labute approximate surface area is 80.2 Å². The van der Waals surface area contributed by atoms with Gasteiger partial charge >= 0.3 is 5.97 Å². The van der Waals surface area contributed by atoms with Crippen LogP contribution in [0.4, 0.5) is 0 Å². The van der Waals surface area contributed by atoms with Crippen LogP contribution in [-0.4, -0.2) is 33.9 Å². The van der Waals surface area contributed by atoms with Crippen molar-refractivity contribution in [2.45, 2.75) is 6.92 Å². The summed E-state index contributed by atoms with van der Waals surface area (Å²) in [6, 6.07) is 1.64. The molecular formula is C8H9N3O3. The number of nitrogens with zero attached hydrogens (tertiary/aromatic N) is 3. The number of carboxylic acid groups (broad SMARTS) is 1. The maximum absolute atomic E-state index is 10.0. The lowest BCUT2D eigenvalue weighted by Crippen LogP contribution is -2.03. The van der Waals surface area contributed by atoms with Gasteiger partial charge in [-0.2, -0.15) is 0 Å². The number of aryl methyl sites for hydroxylation is 1. The van der Waals surface area contributed by atoms with Gasteiger partial charge in [0.1, 0.15) is 5.82 Å². The molecule has 0 amide bonds. The third kappa shape index (κ3) is 3.61. The number of rotatable bonds is 4. The van der Waals surface area contributed by atoms with E-state index in [0.717, 1.165) is 0 Å². The van der Waals surface area contributed by atoms with Crippen molar-refractivity contribution in [1.29, 1.82) is 0 Å². The Bertz CT molecular complexity index is 351. The van der Waals surface area contributed by atoms with Crippen molar-refractivity contribution in [3.05, 3.63) is 23.8 Å². The highest BCUT2D eigenvalue weighted by atomic mass is 16.6. The number of oxime groups is 1. The molecule has 0 aromatic carbocycles. The van der Waals surface area contributed by atoms with E-state index in [9.17, 15) is 4.79 Å². The van der Waals surface area contributed by atoms with Crippen LogP contribution in [0.25, 0.3) is 0 Å². The Morgan fingerprint density at radius 1 is 1.79 bits per heavy atom. The lowest BCUT2D eigenvalue weighted by molar-refractivity contribution is -0.142. The molecule has 0 aliphatic rings. The predicted molar refractivity (Wildman–Crippen MR) is 48.0 cm³/mol. The fraction of sp³-hybridized carbons (Fsp3) is 0.250. The van der Waals surface area contributed by atoms with Crippen molar-refractivity contribution in [2.24, 2.45) is 5.16 Å². The van der Waals surface area contributed by atoms with Crippen LogP contribution in [0.15, 0.2) is 17.4 Å². The largest absolute Gasteiger partial charge is 0.479 e. The van der Waals surface area contributed by atoms with Gasteiger partial charge < -0.3 is 9.94 Å². The smallest absolute Gasteiger partial charge is 0.344 e. The Morgan fingerprint density at radius 3 is 3.21 bits per heavy atom. The third-order valence-corrected chi connectivity index (χ3v) is 1.25. The molecular weight excluding hydrogens is 186 g/mol. The maximum Gasteiger partial charge on any atom is 0.344 e. The van der Waals surface area contributed by atoms with E-state index < -0.39 is 12.6 Å². The molecule has 1 rings (SSSR count). The molecule has 0 spiro atoms. The van der Waals surface area contributed by atoms with E-state index >= 15 is 0 Å². The van der Waals surface area contributed by atoms with Gasteiger partial charge in [-0.05, 0) is 13.0 Å². The van der Waals surface area contributed by atoms with Crippen LogP contribution in [-0.2, 0) is 9.63 Å². The van der Waals surface area contributed by atoms with Crippen LogP contribution in [0.1, 0.15) is 11.5 Å². The van der Waals surface area contributed by atoms with Gasteiger partial charge in [0, 0.05) is 6.20 Å². The third-order valence-electron chi connectivity index (χ3n) is 1.25. The van der Waals surface area contributed by atoms with Gasteiger partial charge in [0.15, 0.2) is 0 Å². The van der Waals surface area contributed by atoms with E-state index in [2.05, 4.69) is 20.0 Å². The maximum atomic E-state index is 10.0. The lowest BCUT2D eigenvalue weighted by Gasteiger charge is -1.94. The topological polar surface area (TPSA) is 84.7 Å². The minimum Gasteiger partial charge on any atom is -0.479 e. The number of aliphatic carboxylic acids is 1. The number of aromatic nitrogens is 2. The summed E-state index contributed by atoms with van der Waals surface area (Å²) in [6.07, 6.45) is 2.92. The molecule has 1 N–H and O–H groups in total. The predicted octanol–water partition coefficient (Wildman–Crippen LogP) is 0.220. The van der Waals surface area contributed by atoms with Gasteiger partial charge in [0.2, 0.25) is 6.61 Å². The summed E-state index contributed by atoms with van der Waals surface area (Å²) in [4.78, 5) is 22.4. The number of hydrogen-bond acceptors (Lipinski definition) is 5. The highest BCUT2D eigenvalue weighted by molar-refractivity contribution is 5.76. The first-order valence-electron chi connectivity index (χ1n) is 3.85. The molecule has 1 heterocycles. The Kier molecular flexibility index (Phi) is 3.54. The summed E-state index contributed by atoms with van der Waals surface area (Å²) in [6.45, 7) is 1.29. The minimum atomic E-state index is -1.07. The molecule has 0 bridgehead atoms. The molecule has 6 nitrogen and oxygen atoms in total. The zero-order chi connectivity index (χ0) is 10.4. The van der Waals surface area contributed by atoms with Crippen LogP contribution in [0.2, 0.25) is 0 Å². The van der Waals surface area contributed by atoms with Gasteiger partial charge in [-0.3, -0.25) is 0 Å². The van der Waals surface area contributed by atoms with Crippen molar-refractivity contribution in [2.75, 3.05) is 6.61 Å². The fourth-order valence-corrected chi connectivity index (χ4v) is 0.730. The summed E-state index contributed by atoms with van der Waals surface area (Å²) in [7, 11) is 0. The number of hydrogen-bond donors (Lipinski definition) is 1. The lowest BCUT2D eigenvalue weighted by atomic mass is 10.4. The molecule has 0 aliphatic heterocycles. The van der Waals surface area contributed by atoms with E-state index in [4.69, 9.17) is 5.11 Å². The summed E-state index contributed by atoms with van der Waals surface area (Å²) in [5, 5.41) is 11.7. The minimum absolute atomic E-state index is 0.458. The second kappa shape index (κ2) is 4.90. The summed E-state index contributed by atoms with van der Waals surface area (Å²) in [5.41, 5.74) is 0.572. The van der Waals surface area contributed by atoms with Gasteiger partial charge in [0.05, 0.1) is 11.9 Å². The van der Waals surface area contributed by atoms with Gasteiger partial charge in [0.25, 0.3) is 0 Å². The number of carboxylic acids is 1. The SMILES string of the molecule is Cc1nccc(/C=N/OCC(=O)O)n1. The molecule has 14 heavy (non-hydrogen) atoms. The Morgan fingerprint density at radius 2 is 2.57 bits per heavy atom. The standard InChI is InChI=1S/C8H9N3O3/c1-6-9-3-2-7(11-6)4-10-14-5-8(12)13/h2-4H,5H2,1H3,(H,12,13)/b10-4+. The van der Waals surface area contributed by atoms with Crippen LogP contribution < -0.4 is 0 Å². The zero-order valence-corrected chi connectivity index (χ0v) is 7.54. The van der Waals surface area contributed by atoms with Crippen molar-refractivity contribution < 1.29 is 14.7 Å². The summed E-state index contributed by atoms with van der Waals surface area (Å²) in [5.74, 6) is -0.451. The van der Waals surface area contributed by atoms with E-state index in [-0.39, 0.29) is 0 Å². The fourth-order valence-electron chi connectivity index (χ4n) is 0.730. The first kappa shape index (κ1) is 10.1. The molecule has 0 unspecified atom stereocenters. The van der Waals surface area contributed by atoms with Gasteiger partial charge in [-0.15, -0.1) is 0 Å². The van der Waals surface area contributed by atoms with E-state index in [1.807, 2.05) is 0 Å². The van der Waals surface area contributed by atoms with E-state index in [1.165, 1.54) is 6.21 Å². The highest BCUT2D eigenvalue weighted by Crippen LogP contribution is 1.90. The molecule has 0 atom stereocenters. The molecule has 6 heteroatoms. The Hall–Kier alpha value is -1.98. The molecule has 0 saturated heterocycles. The molecule has 0 aliphatic carbocycles. The summed E-state index contributed by atoms with van der Waals surface area (Å²) < 4.78 is 0. The quantitative estimate of drug-likeness (QED) is 0.548. The Balaban J connectivity index is 2.47. The van der Waals surface area contributed by atoms with Crippen molar-refractivity contribution in [1.82, 2.24) is 9.97 Å². The average molecular weight is 195 g/mol. The second-order valence-electron chi connectivity index (χ2n) is 2.43. The van der Waals surface area contributed by atoms with Crippen molar-refractivity contribution in [3.63, 3.8) is 0 Å². The van der Waals surface area contributed by atoms with Crippen LogP contribution >= 0.6 is 0 Å². The zero-order valence-electron chi connectivity index (χ0n) is 7.54. The molecule has 1 aromatic heterocycles. The normalized spacial score (nSPS) is 10.4. The second-order valence-corrected chi connectivity index (χ2v) is 2.43. The molecule has 74 valence electrons. The first-order chi connectivity index (χ1) is 6.68. The van der Waals surface area contributed by atoms with Gasteiger partial charge in [-0.25, -0.2) is 14.8 Å². The highest BCUT2D eigenvalue weighted by Gasteiger charge is 1.94. The van der Waals surface area contributed by atoms with Crippen LogP contribution in [0.5, 0.6) is 0 Å².